The summed E-state index contributed by atoms with van der Waals surface area (Å²) in [5.74, 6) is -1.38. The van der Waals surface area contributed by atoms with Crippen LogP contribution in [0.2, 0.25) is 0 Å². The molecule has 0 radical (unpaired) electrons. The summed E-state index contributed by atoms with van der Waals surface area (Å²) in [7, 11) is 0. The van der Waals surface area contributed by atoms with Gasteiger partial charge in [-0.05, 0) is 25.3 Å². The average Bonchev–Trinajstić information content (AvgIpc) is 2.28. The molecule has 0 aromatic rings. The summed E-state index contributed by atoms with van der Waals surface area (Å²) >= 11 is 0. The van der Waals surface area contributed by atoms with E-state index in [0.717, 1.165) is 11.4 Å². The minimum Gasteiger partial charge on any atom is -0.335 e. The van der Waals surface area contributed by atoms with Crippen LogP contribution in [0.3, 0.4) is 0 Å². The number of piperidine rings is 1. The highest BCUT2D eigenvalue weighted by atomic mass is 19.4. The highest BCUT2D eigenvalue weighted by Gasteiger charge is 2.43. The summed E-state index contributed by atoms with van der Waals surface area (Å²) in [4.78, 5) is 11.8. The van der Waals surface area contributed by atoms with Crippen molar-refractivity contribution in [2.24, 2.45) is 11.7 Å². The lowest BCUT2D eigenvalue weighted by molar-refractivity contribution is -0.186. The van der Waals surface area contributed by atoms with Crippen molar-refractivity contribution >= 4 is 5.91 Å². The summed E-state index contributed by atoms with van der Waals surface area (Å²) in [6, 6.07) is 0. The number of nitrogens with one attached hydrogen (secondary N) is 1. The maximum atomic E-state index is 12.2. The molecule has 1 aliphatic heterocycles. The van der Waals surface area contributed by atoms with E-state index in [1.165, 1.54) is 0 Å². The molecule has 1 saturated heterocycles. The van der Waals surface area contributed by atoms with Crippen molar-refractivity contribution in [3.05, 3.63) is 0 Å². The number of rotatable bonds is 4. The van der Waals surface area contributed by atoms with Crippen LogP contribution >= 0.6 is 0 Å². The third-order valence-electron chi connectivity index (χ3n) is 2.90. The second-order valence-corrected chi connectivity index (χ2v) is 4.23. The average molecular weight is 253 g/mol. The molecule has 7 heteroatoms. The van der Waals surface area contributed by atoms with Crippen LogP contribution in [0.1, 0.15) is 12.8 Å². The summed E-state index contributed by atoms with van der Waals surface area (Å²) in [6.07, 6.45) is -3.52. The van der Waals surface area contributed by atoms with Gasteiger partial charge < -0.3 is 16.0 Å². The number of amides is 1. The van der Waals surface area contributed by atoms with Crippen LogP contribution in [0.25, 0.3) is 0 Å². The topological polar surface area (TPSA) is 58.4 Å². The Kier molecular flexibility index (Phi) is 5.20. The molecule has 1 rings (SSSR count). The molecule has 0 aliphatic carbocycles. The number of hydrogen-bond donors (Lipinski definition) is 2. The lowest BCUT2D eigenvalue weighted by Gasteiger charge is -2.32. The van der Waals surface area contributed by atoms with Crippen molar-refractivity contribution in [1.29, 1.82) is 0 Å². The maximum Gasteiger partial charge on any atom is 0.471 e. The van der Waals surface area contributed by atoms with E-state index in [9.17, 15) is 18.0 Å². The van der Waals surface area contributed by atoms with Gasteiger partial charge in [-0.1, -0.05) is 0 Å². The lowest BCUT2D eigenvalue weighted by atomic mass is 9.96. The van der Waals surface area contributed by atoms with E-state index in [1.54, 1.807) is 0 Å². The van der Waals surface area contributed by atoms with Gasteiger partial charge in [-0.15, -0.1) is 0 Å². The van der Waals surface area contributed by atoms with Crippen molar-refractivity contribution in [3.8, 4) is 0 Å². The molecule has 100 valence electrons. The standard InChI is InChI=1S/C10H18F3N3O/c11-10(12,13)9(17)16-5-1-8(2-6-16)7-15-4-3-14/h8,15H,1-7,14H2. The van der Waals surface area contributed by atoms with Crippen LogP contribution < -0.4 is 11.1 Å². The van der Waals surface area contributed by atoms with E-state index < -0.39 is 12.1 Å². The molecule has 17 heavy (non-hydrogen) atoms. The minimum atomic E-state index is -4.75. The fraction of sp³-hybridized carbons (Fsp3) is 0.900. The lowest BCUT2D eigenvalue weighted by Crippen LogP contribution is -2.46. The molecule has 0 bridgehead atoms. The predicted octanol–water partition coefficient (Wildman–Crippen LogP) is 0.336. The Labute approximate surface area is 98.3 Å². The molecule has 0 unspecified atom stereocenters. The first-order valence-electron chi connectivity index (χ1n) is 5.72. The molecule has 0 atom stereocenters. The molecule has 0 saturated carbocycles. The van der Waals surface area contributed by atoms with E-state index in [2.05, 4.69) is 5.32 Å². The van der Waals surface area contributed by atoms with Gasteiger partial charge in [-0.2, -0.15) is 13.2 Å². The molecule has 4 nitrogen and oxygen atoms in total. The Hall–Kier alpha value is -0.820. The number of halogens is 3. The van der Waals surface area contributed by atoms with E-state index >= 15 is 0 Å². The van der Waals surface area contributed by atoms with E-state index in [4.69, 9.17) is 5.73 Å². The van der Waals surface area contributed by atoms with Crippen LogP contribution in [-0.2, 0) is 4.79 Å². The van der Waals surface area contributed by atoms with Crippen LogP contribution in [0, 0.1) is 5.92 Å². The summed E-state index contributed by atoms with van der Waals surface area (Å²) in [5, 5.41) is 3.13. The largest absolute Gasteiger partial charge is 0.471 e. The molecule has 1 fully saturated rings. The second kappa shape index (κ2) is 6.20. The highest BCUT2D eigenvalue weighted by molar-refractivity contribution is 5.81. The predicted molar refractivity (Wildman–Crippen MR) is 57.3 cm³/mol. The summed E-state index contributed by atoms with van der Waals surface area (Å²) < 4.78 is 36.5. The van der Waals surface area contributed by atoms with Crippen LogP contribution in [0.15, 0.2) is 0 Å². The molecule has 3 N–H and O–H groups in total. The normalized spacial score (nSPS) is 18.5. The van der Waals surface area contributed by atoms with E-state index in [-0.39, 0.29) is 13.1 Å². The van der Waals surface area contributed by atoms with Gasteiger partial charge in [-0.3, -0.25) is 4.79 Å². The Bertz CT molecular complexity index is 250. The van der Waals surface area contributed by atoms with Gasteiger partial charge in [0.2, 0.25) is 0 Å². The Morgan fingerprint density at radius 2 is 1.94 bits per heavy atom. The quantitative estimate of drug-likeness (QED) is 0.710. The highest BCUT2D eigenvalue weighted by Crippen LogP contribution is 2.23. The van der Waals surface area contributed by atoms with E-state index in [0.29, 0.717) is 31.8 Å². The van der Waals surface area contributed by atoms with Gasteiger partial charge in [0, 0.05) is 26.2 Å². The van der Waals surface area contributed by atoms with Crippen molar-refractivity contribution in [2.75, 3.05) is 32.7 Å². The number of carbonyl (C=O) groups excluding carboxylic acids is 1. The molecule has 1 heterocycles. The zero-order valence-electron chi connectivity index (χ0n) is 9.59. The molecule has 0 spiro atoms. The first-order valence-corrected chi connectivity index (χ1v) is 5.72. The van der Waals surface area contributed by atoms with Gasteiger partial charge in [0.1, 0.15) is 0 Å². The monoisotopic (exact) mass is 253 g/mol. The Morgan fingerprint density at radius 3 is 2.41 bits per heavy atom. The number of nitrogens with zero attached hydrogens (tertiary/aromatic N) is 1. The third-order valence-corrected chi connectivity index (χ3v) is 2.90. The van der Waals surface area contributed by atoms with Gasteiger partial charge in [0.25, 0.3) is 0 Å². The number of nitrogens with two attached hydrogens (primary N) is 1. The van der Waals surface area contributed by atoms with Crippen molar-refractivity contribution in [2.45, 2.75) is 19.0 Å². The smallest absolute Gasteiger partial charge is 0.335 e. The molecule has 0 aromatic heterocycles. The van der Waals surface area contributed by atoms with Crippen LogP contribution in [0.4, 0.5) is 13.2 Å². The molecule has 0 aromatic carbocycles. The fourth-order valence-electron chi connectivity index (χ4n) is 1.93. The molecular weight excluding hydrogens is 235 g/mol. The van der Waals surface area contributed by atoms with Gasteiger partial charge in [0.15, 0.2) is 0 Å². The maximum absolute atomic E-state index is 12.2. The van der Waals surface area contributed by atoms with Gasteiger partial charge in [-0.25, -0.2) is 0 Å². The summed E-state index contributed by atoms with van der Waals surface area (Å²) in [5.41, 5.74) is 5.31. The third kappa shape index (κ3) is 4.51. The number of alkyl halides is 3. The molecule has 1 amide bonds. The zero-order chi connectivity index (χ0) is 12.9. The van der Waals surface area contributed by atoms with E-state index in [1.807, 2.05) is 0 Å². The van der Waals surface area contributed by atoms with Gasteiger partial charge >= 0.3 is 12.1 Å². The van der Waals surface area contributed by atoms with Crippen molar-refractivity contribution < 1.29 is 18.0 Å². The number of likely N-dealkylation sites (tertiary alicyclic amines) is 1. The van der Waals surface area contributed by atoms with Crippen molar-refractivity contribution in [3.63, 3.8) is 0 Å². The molecule has 1 aliphatic rings. The zero-order valence-corrected chi connectivity index (χ0v) is 9.59. The Morgan fingerprint density at radius 1 is 1.35 bits per heavy atom. The summed E-state index contributed by atoms with van der Waals surface area (Å²) in [6.45, 7) is 2.39. The van der Waals surface area contributed by atoms with Crippen molar-refractivity contribution in [1.82, 2.24) is 10.2 Å². The minimum absolute atomic E-state index is 0.188. The fourth-order valence-corrected chi connectivity index (χ4v) is 1.93. The Balaban J connectivity index is 2.28. The number of hydrogen-bond acceptors (Lipinski definition) is 3. The van der Waals surface area contributed by atoms with Crippen LogP contribution in [-0.4, -0.2) is 49.7 Å². The first-order chi connectivity index (χ1) is 7.95. The van der Waals surface area contributed by atoms with Gasteiger partial charge in [0.05, 0.1) is 0 Å². The first kappa shape index (κ1) is 14.2. The SMILES string of the molecule is NCCNCC1CCN(C(=O)C(F)(F)F)CC1. The van der Waals surface area contributed by atoms with Crippen LogP contribution in [0.5, 0.6) is 0 Å². The molecular formula is C10H18F3N3O. The number of carbonyl (C=O) groups is 1. The second-order valence-electron chi connectivity index (χ2n) is 4.23.